The van der Waals surface area contributed by atoms with Crippen molar-refractivity contribution < 1.29 is 14.2 Å². The highest BCUT2D eigenvalue weighted by atomic mass is 79.9. The lowest BCUT2D eigenvalue weighted by atomic mass is 10.1. The molecule has 0 aliphatic carbocycles. The van der Waals surface area contributed by atoms with Gasteiger partial charge in [0.25, 0.3) is 0 Å². The molecule has 0 aromatic heterocycles. The van der Waals surface area contributed by atoms with Gasteiger partial charge in [0.1, 0.15) is 17.2 Å². The van der Waals surface area contributed by atoms with Crippen LogP contribution in [0.3, 0.4) is 0 Å². The number of halogens is 1. The second-order valence-corrected chi connectivity index (χ2v) is 3.27. The van der Waals surface area contributed by atoms with Crippen molar-refractivity contribution in [3.05, 3.63) is 22.7 Å². The molecular weight excluding hydrogens is 260 g/mol. The molecule has 4 heteroatoms. The van der Waals surface area contributed by atoms with E-state index in [0.29, 0.717) is 17.2 Å². The first-order valence-electron chi connectivity index (χ1n) is 4.33. The molecule has 0 fully saturated rings. The molecule has 1 rings (SSSR count). The summed E-state index contributed by atoms with van der Waals surface area (Å²) in [5.74, 6) is 2.12. The minimum atomic E-state index is 0.704. The van der Waals surface area contributed by atoms with Crippen LogP contribution in [0.1, 0.15) is 5.56 Å². The van der Waals surface area contributed by atoms with Crippen molar-refractivity contribution in [2.45, 2.75) is 0 Å². The Morgan fingerprint density at radius 1 is 1.00 bits per heavy atom. The summed E-state index contributed by atoms with van der Waals surface area (Å²) in [4.78, 5) is 1.75. The molecular formula is C11H13BrO3. The predicted molar refractivity (Wildman–Crippen MR) is 64.1 cm³/mol. The highest BCUT2D eigenvalue weighted by Gasteiger charge is 2.09. The molecule has 3 nitrogen and oxygen atoms in total. The van der Waals surface area contributed by atoms with Gasteiger partial charge in [-0.05, 0) is 11.1 Å². The largest absolute Gasteiger partial charge is 0.496 e. The Hall–Kier alpha value is -1.16. The quantitative estimate of drug-likeness (QED) is 0.843. The third-order valence-electron chi connectivity index (χ3n) is 1.98. The highest BCUT2D eigenvalue weighted by molar-refractivity contribution is 9.11. The zero-order valence-electron chi connectivity index (χ0n) is 8.91. The number of benzene rings is 1. The molecule has 0 heterocycles. The summed E-state index contributed by atoms with van der Waals surface area (Å²) in [6, 6.07) is 3.62. The first kappa shape index (κ1) is 11.9. The van der Waals surface area contributed by atoms with Crippen LogP contribution >= 0.6 is 15.9 Å². The maximum atomic E-state index is 5.25. The minimum Gasteiger partial charge on any atom is -0.496 e. The number of methoxy groups -OCH3 is 3. The fourth-order valence-corrected chi connectivity index (χ4v) is 1.52. The molecule has 1 aromatic carbocycles. The molecule has 82 valence electrons. The molecule has 1 aromatic rings. The molecule has 0 aliphatic heterocycles. The van der Waals surface area contributed by atoms with Gasteiger partial charge >= 0.3 is 0 Å². The third-order valence-corrected chi connectivity index (χ3v) is 2.25. The van der Waals surface area contributed by atoms with Crippen molar-refractivity contribution in [3.8, 4) is 17.2 Å². The average Bonchev–Trinajstić information content (AvgIpc) is 2.29. The Bertz CT molecular complexity index is 336. The van der Waals surface area contributed by atoms with Gasteiger partial charge in [-0.2, -0.15) is 0 Å². The maximum absolute atomic E-state index is 5.25. The first-order valence-corrected chi connectivity index (χ1v) is 5.25. The van der Waals surface area contributed by atoms with Gasteiger partial charge in [0.15, 0.2) is 0 Å². The molecule has 0 unspecified atom stereocenters. The number of hydrogen-bond donors (Lipinski definition) is 0. The summed E-state index contributed by atoms with van der Waals surface area (Å²) in [5, 5.41) is 0. The maximum Gasteiger partial charge on any atom is 0.133 e. The summed E-state index contributed by atoms with van der Waals surface area (Å²) in [6.07, 6.45) is 1.86. The standard InChI is InChI=1S/C11H13BrO3/c1-13-8-6-10(14-2)9(4-5-12)11(7-8)15-3/h4-7H,1-3H3. The van der Waals surface area contributed by atoms with Crippen molar-refractivity contribution in [1.82, 2.24) is 0 Å². The summed E-state index contributed by atoms with van der Waals surface area (Å²) in [5.41, 5.74) is 0.873. The van der Waals surface area contributed by atoms with Crippen LogP contribution < -0.4 is 14.2 Å². The Balaban J connectivity index is 3.32. The van der Waals surface area contributed by atoms with Crippen LogP contribution in [0.2, 0.25) is 0 Å². The molecule has 0 aliphatic rings. The number of hydrogen-bond acceptors (Lipinski definition) is 3. The zero-order valence-corrected chi connectivity index (χ0v) is 10.5. The molecule has 0 atom stereocenters. The highest BCUT2D eigenvalue weighted by Crippen LogP contribution is 2.35. The molecule has 0 saturated carbocycles. The summed E-state index contributed by atoms with van der Waals surface area (Å²) in [7, 11) is 4.83. The second kappa shape index (κ2) is 5.66. The minimum absolute atomic E-state index is 0.704. The van der Waals surface area contributed by atoms with Crippen molar-refractivity contribution in [1.29, 1.82) is 0 Å². The normalized spacial score (nSPS) is 10.4. The number of rotatable bonds is 4. The van der Waals surface area contributed by atoms with Crippen LogP contribution in [-0.2, 0) is 0 Å². The summed E-state index contributed by atoms with van der Waals surface area (Å²) in [6.45, 7) is 0. The SMILES string of the molecule is COc1cc(OC)c(C=CBr)c(OC)c1. The average molecular weight is 273 g/mol. The molecule has 15 heavy (non-hydrogen) atoms. The van der Waals surface area contributed by atoms with Gasteiger partial charge in [-0.15, -0.1) is 0 Å². The van der Waals surface area contributed by atoms with E-state index < -0.39 is 0 Å². The van der Waals surface area contributed by atoms with Crippen LogP contribution in [0.5, 0.6) is 17.2 Å². The van der Waals surface area contributed by atoms with Crippen LogP contribution in [-0.4, -0.2) is 21.3 Å². The molecule has 0 spiro atoms. The van der Waals surface area contributed by atoms with Gasteiger partial charge in [0, 0.05) is 12.1 Å². The second-order valence-electron chi connectivity index (χ2n) is 2.74. The third kappa shape index (κ3) is 2.65. The van der Waals surface area contributed by atoms with E-state index in [-0.39, 0.29) is 0 Å². The summed E-state index contributed by atoms with van der Waals surface area (Å²) < 4.78 is 15.6. The fraction of sp³-hybridized carbons (Fsp3) is 0.273. The van der Waals surface area contributed by atoms with Crippen LogP contribution in [0.25, 0.3) is 6.08 Å². The topological polar surface area (TPSA) is 27.7 Å². The fourth-order valence-electron chi connectivity index (χ4n) is 1.26. The van der Waals surface area contributed by atoms with Crippen molar-refractivity contribution >= 4 is 22.0 Å². The van der Waals surface area contributed by atoms with E-state index in [1.807, 2.05) is 18.2 Å². The van der Waals surface area contributed by atoms with Gasteiger partial charge in [0.05, 0.1) is 26.9 Å². The van der Waals surface area contributed by atoms with Gasteiger partial charge in [-0.3, -0.25) is 0 Å². The van der Waals surface area contributed by atoms with E-state index in [4.69, 9.17) is 14.2 Å². The lowest BCUT2D eigenvalue weighted by Crippen LogP contribution is -1.94. The molecule has 0 N–H and O–H groups in total. The molecule has 0 saturated heterocycles. The summed E-state index contributed by atoms with van der Waals surface area (Å²) >= 11 is 3.23. The van der Waals surface area contributed by atoms with Crippen molar-refractivity contribution in [2.24, 2.45) is 0 Å². The van der Waals surface area contributed by atoms with Crippen molar-refractivity contribution in [2.75, 3.05) is 21.3 Å². The van der Waals surface area contributed by atoms with E-state index in [2.05, 4.69) is 15.9 Å². The van der Waals surface area contributed by atoms with E-state index >= 15 is 0 Å². The monoisotopic (exact) mass is 272 g/mol. The molecule has 0 radical (unpaired) electrons. The van der Waals surface area contributed by atoms with E-state index in [0.717, 1.165) is 5.56 Å². The first-order chi connectivity index (χ1) is 7.26. The van der Waals surface area contributed by atoms with Crippen LogP contribution in [0, 0.1) is 0 Å². The van der Waals surface area contributed by atoms with Gasteiger partial charge < -0.3 is 14.2 Å². The Kier molecular flexibility index (Phi) is 4.49. The Labute approximate surface area is 97.8 Å². The van der Waals surface area contributed by atoms with E-state index in [9.17, 15) is 0 Å². The van der Waals surface area contributed by atoms with E-state index in [1.165, 1.54) is 0 Å². The van der Waals surface area contributed by atoms with Gasteiger partial charge in [-0.25, -0.2) is 0 Å². The molecule has 0 amide bonds. The predicted octanol–water partition coefficient (Wildman–Crippen LogP) is 3.08. The van der Waals surface area contributed by atoms with Crippen molar-refractivity contribution in [3.63, 3.8) is 0 Å². The van der Waals surface area contributed by atoms with Crippen LogP contribution in [0.15, 0.2) is 17.1 Å². The Morgan fingerprint density at radius 2 is 1.53 bits per heavy atom. The van der Waals surface area contributed by atoms with E-state index in [1.54, 1.807) is 26.3 Å². The number of ether oxygens (including phenoxy) is 3. The molecule has 0 bridgehead atoms. The van der Waals surface area contributed by atoms with Gasteiger partial charge in [-0.1, -0.05) is 15.9 Å². The lowest BCUT2D eigenvalue weighted by molar-refractivity contribution is 0.374. The lowest BCUT2D eigenvalue weighted by Gasteiger charge is -2.12. The Morgan fingerprint density at radius 3 is 1.87 bits per heavy atom. The van der Waals surface area contributed by atoms with Crippen LogP contribution in [0.4, 0.5) is 0 Å². The van der Waals surface area contributed by atoms with Gasteiger partial charge in [0.2, 0.25) is 0 Å². The smallest absolute Gasteiger partial charge is 0.133 e. The zero-order chi connectivity index (χ0) is 11.3.